The van der Waals surface area contributed by atoms with E-state index in [2.05, 4.69) is 0 Å². The normalized spacial score (nSPS) is 10.4. The minimum atomic E-state index is -0.136. The van der Waals surface area contributed by atoms with E-state index in [4.69, 9.17) is 11.6 Å². The summed E-state index contributed by atoms with van der Waals surface area (Å²) < 4.78 is 0. The van der Waals surface area contributed by atoms with Crippen LogP contribution >= 0.6 is 22.9 Å². The lowest BCUT2D eigenvalue weighted by atomic mass is 10.1. The van der Waals surface area contributed by atoms with E-state index in [1.165, 1.54) is 11.3 Å². The van der Waals surface area contributed by atoms with Crippen molar-refractivity contribution >= 4 is 22.9 Å². The molecule has 98 valence electrons. The van der Waals surface area contributed by atoms with E-state index in [-0.39, 0.29) is 5.43 Å². The Morgan fingerprint density at radius 1 is 0.800 bits per heavy atom. The second-order valence-corrected chi connectivity index (χ2v) is 5.78. The number of benzene rings is 2. The van der Waals surface area contributed by atoms with Crippen molar-refractivity contribution in [1.82, 2.24) is 0 Å². The zero-order valence-electron chi connectivity index (χ0n) is 10.5. The van der Waals surface area contributed by atoms with Gasteiger partial charge in [-0.1, -0.05) is 72.3 Å². The number of hydrogen-bond acceptors (Lipinski definition) is 2. The lowest BCUT2D eigenvalue weighted by Gasteiger charge is -2.06. The fourth-order valence-electron chi connectivity index (χ4n) is 2.00. The minimum Gasteiger partial charge on any atom is -0.288 e. The van der Waals surface area contributed by atoms with Gasteiger partial charge in [0.2, 0.25) is 0 Å². The van der Waals surface area contributed by atoms with Gasteiger partial charge in [-0.25, -0.2) is 0 Å². The monoisotopic (exact) mass is 298 g/mol. The van der Waals surface area contributed by atoms with E-state index in [9.17, 15) is 4.79 Å². The van der Waals surface area contributed by atoms with Crippen LogP contribution in [-0.2, 0) is 0 Å². The van der Waals surface area contributed by atoms with Crippen LogP contribution in [0.5, 0.6) is 0 Å². The molecule has 0 radical (unpaired) electrons. The smallest absolute Gasteiger partial charge is 0.200 e. The molecule has 1 nitrogen and oxygen atoms in total. The van der Waals surface area contributed by atoms with Crippen molar-refractivity contribution < 1.29 is 0 Å². The Hall–Kier alpha value is -1.90. The van der Waals surface area contributed by atoms with Crippen molar-refractivity contribution in [2.45, 2.75) is 0 Å². The van der Waals surface area contributed by atoms with Crippen molar-refractivity contribution in [3.05, 3.63) is 82.0 Å². The number of rotatable bonds is 2. The maximum absolute atomic E-state index is 12.1. The molecule has 2 aromatic carbocycles. The predicted octanol–water partition coefficient (Wildman–Crippen LogP) is 5.10. The van der Waals surface area contributed by atoms with Crippen LogP contribution in [0.2, 0.25) is 5.02 Å². The van der Waals surface area contributed by atoms with Gasteiger partial charge >= 0.3 is 0 Å². The Balaban J connectivity index is 2.22. The van der Waals surface area contributed by atoms with E-state index in [1.807, 2.05) is 60.7 Å². The molecule has 0 N–H and O–H groups in total. The highest BCUT2D eigenvalue weighted by Gasteiger charge is 2.11. The van der Waals surface area contributed by atoms with Crippen molar-refractivity contribution in [2.24, 2.45) is 0 Å². The van der Waals surface area contributed by atoms with E-state index in [0.717, 1.165) is 20.9 Å². The molecule has 1 heterocycles. The molecular weight excluding hydrogens is 288 g/mol. The second-order valence-electron chi connectivity index (χ2n) is 4.35. The largest absolute Gasteiger partial charge is 0.288 e. The first-order valence-electron chi connectivity index (χ1n) is 6.20. The predicted molar refractivity (Wildman–Crippen MR) is 86.5 cm³/mol. The summed E-state index contributed by atoms with van der Waals surface area (Å²) in [6.45, 7) is 0. The van der Waals surface area contributed by atoms with Crippen LogP contribution in [0.25, 0.3) is 20.9 Å². The summed E-state index contributed by atoms with van der Waals surface area (Å²) in [5, 5.41) is 0.292. The van der Waals surface area contributed by atoms with E-state index in [0.29, 0.717) is 5.02 Å². The molecule has 0 bridgehead atoms. The Bertz CT molecular complexity index is 779. The van der Waals surface area contributed by atoms with Gasteiger partial charge in [0.25, 0.3) is 0 Å². The van der Waals surface area contributed by atoms with Crippen molar-refractivity contribution in [2.75, 3.05) is 0 Å². The molecule has 1 aromatic heterocycles. The lowest BCUT2D eigenvalue weighted by Crippen LogP contribution is -2.00. The molecule has 3 rings (SSSR count). The molecule has 0 aliphatic rings. The highest BCUT2D eigenvalue weighted by molar-refractivity contribution is 7.19. The molecule has 0 fully saturated rings. The average molecular weight is 299 g/mol. The molecule has 0 saturated heterocycles. The van der Waals surface area contributed by atoms with Crippen LogP contribution in [0.1, 0.15) is 0 Å². The summed E-state index contributed by atoms with van der Waals surface area (Å²) in [5.41, 5.74) is 1.86. The molecule has 0 aliphatic carbocycles. The topological polar surface area (TPSA) is 17.1 Å². The van der Waals surface area contributed by atoms with Gasteiger partial charge in [0.05, 0.1) is 4.88 Å². The molecule has 20 heavy (non-hydrogen) atoms. The summed E-state index contributed by atoms with van der Waals surface area (Å²) in [6, 6.07) is 21.2. The van der Waals surface area contributed by atoms with Gasteiger partial charge in [0.15, 0.2) is 5.43 Å². The third kappa shape index (κ3) is 2.53. The van der Waals surface area contributed by atoms with Gasteiger partial charge in [0.1, 0.15) is 5.02 Å². The Labute approximate surface area is 126 Å². The van der Waals surface area contributed by atoms with E-state index >= 15 is 0 Å². The first-order chi connectivity index (χ1) is 9.75. The van der Waals surface area contributed by atoms with Gasteiger partial charge in [0, 0.05) is 10.9 Å². The summed E-state index contributed by atoms with van der Waals surface area (Å²) in [7, 11) is 0. The maximum atomic E-state index is 12.1. The summed E-state index contributed by atoms with van der Waals surface area (Å²) in [4.78, 5) is 13.8. The average Bonchev–Trinajstić information content (AvgIpc) is 2.51. The zero-order valence-corrected chi connectivity index (χ0v) is 12.1. The third-order valence-electron chi connectivity index (χ3n) is 2.98. The zero-order chi connectivity index (χ0) is 13.9. The molecule has 0 spiro atoms. The third-order valence-corrected chi connectivity index (χ3v) is 4.69. The van der Waals surface area contributed by atoms with E-state index in [1.54, 1.807) is 6.07 Å². The van der Waals surface area contributed by atoms with Crippen LogP contribution in [0.15, 0.2) is 71.5 Å². The molecule has 0 atom stereocenters. The summed E-state index contributed by atoms with van der Waals surface area (Å²) >= 11 is 7.72. The van der Waals surface area contributed by atoms with Crippen LogP contribution in [-0.4, -0.2) is 0 Å². The Kier molecular flexibility index (Phi) is 3.68. The molecular formula is C17H11ClOS. The highest BCUT2D eigenvalue weighted by Crippen LogP contribution is 2.35. The van der Waals surface area contributed by atoms with Crippen molar-refractivity contribution in [3.63, 3.8) is 0 Å². The summed E-state index contributed by atoms with van der Waals surface area (Å²) in [5.74, 6) is 0. The Morgan fingerprint density at radius 2 is 1.35 bits per heavy atom. The lowest BCUT2D eigenvalue weighted by molar-refractivity contribution is 1.61. The number of hydrogen-bond donors (Lipinski definition) is 0. The summed E-state index contributed by atoms with van der Waals surface area (Å²) in [6.07, 6.45) is 0. The number of halogens is 1. The van der Waals surface area contributed by atoms with Crippen LogP contribution in [0, 0.1) is 0 Å². The molecule has 3 aromatic rings. The Morgan fingerprint density at radius 3 is 1.95 bits per heavy atom. The SMILES string of the molecule is O=c1cc(-c2ccccc2)sc(-c2ccccc2)c1Cl. The van der Waals surface area contributed by atoms with Crippen molar-refractivity contribution in [1.29, 1.82) is 0 Å². The van der Waals surface area contributed by atoms with Crippen LogP contribution in [0.3, 0.4) is 0 Å². The van der Waals surface area contributed by atoms with Crippen LogP contribution < -0.4 is 5.43 Å². The second kappa shape index (κ2) is 5.61. The molecule has 0 unspecified atom stereocenters. The van der Waals surface area contributed by atoms with Gasteiger partial charge in [-0.15, -0.1) is 11.3 Å². The molecule has 3 heteroatoms. The quantitative estimate of drug-likeness (QED) is 0.643. The highest BCUT2D eigenvalue weighted by atomic mass is 35.5. The molecule has 0 saturated carbocycles. The first kappa shape index (κ1) is 13.1. The van der Waals surface area contributed by atoms with Gasteiger partial charge in [-0.05, 0) is 11.1 Å². The van der Waals surface area contributed by atoms with Gasteiger partial charge in [-0.2, -0.15) is 0 Å². The van der Waals surface area contributed by atoms with Crippen molar-refractivity contribution in [3.8, 4) is 20.9 Å². The fraction of sp³-hybridized carbons (Fsp3) is 0. The van der Waals surface area contributed by atoms with Gasteiger partial charge in [-0.3, -0.25) is 4.79 Å². The standard InChI is InChI=1S/C17H11ClOS/c18-16-14(19)11-15(12-7-3-1-4-8-12)20-17(16)13-9-5-2-6-10-13/h1-11H. The fourth-order valence-corrected chi connectivity index (χ4v) is 3.36. The molecule has 0 amide bonds. The minimum absolute atomic E-state index is 0.136. The molecule has 0 aliphatic heterocycles. The first-order valence-corrected chi connectivity index (χ1v) is 7.39. The van der Waals surface area contributed by atoms with E-state index < -0.39 is 0 Å². The maximum Gasteiger partial charge on any atom is 0.200 e. The van der Waals surface area contributed by atoms with Gasteiger partial charge < -0.3 is 0 Å². The van der Waals surface area contributed by atoms with Crippen LogP contribution in [0.4, 0.5) is 0 Å².